The van der Waals surface area contributed by atoms with Crippen molar-refractivity contribution in [3.05, 3.63) is 23.5 Å². The summed E-state index contributed by atoms with van der Waals surface area (Å²) in [5, 5.41) is 9.44. The predicted molar refractivity (Wildman–Crippen MR) is 59.7 cm³/mol. The highest BCUT2D eigenvalue weighted by atomic mass is 32.2. The van der Waals surface area contributed by atoms with Gasteiger partial charge in [0.2, 0.25) is 0 Å². The summed E-state index contributed by atoms with van der Waals surface area (Å²) in [6, 6.07) is 3.16. The molecule has 1 aliphatic carbocycles. The topological polar surface area (TPSA) is 46.2 Å². The van der Waals surface area contributed by atoms with Gasteiger partial charge in [0, 0.05) is 5.54 Å². The van der Waals surface area contributed by atoms with Crippen LogP contribution in [0.3, 0.4) is 0 Å². The largest absolute Gasteiger partial charge is 0.507 e. The van der Waals surface area contributed by atoms with Gasteiger partial charge in [-0.05, 0) is 37.1 Å². The molecule has 0 amide bonds. The molecule has 1 aromatic carbocycles. The molecule has 3 N–H and O–H groups in total. The van der Waals surface area contributed by atoms with Gasteiger partial charge in [-0.15, -0.1) is 11.8 Å². The van der Waals surface area contributed by atoms with E-state index in [2.05, 4.69) is 0 Å². The normalized spacial score (nSPS) is 17.8. The van der Waals surface area contributed by atoms with E-state index in [9.17, 15) is 9.50 Å². The number of halogens is 1. The maximum atomic E-state index is 13.9. The first kappa shape index (κ1) is 10.8. The molecule has 0 aliphatic heterocycles. The van der Waals surface area contributed by atoms with Crippen LogP contribution in [0.25, 0.3) is 0 Å². The van der Waals surface area contributed by atoms with Crippen LogP contribution in [-0.2, 0) is 6.42 Å². The van der Waals surface area contributed by atoms with Crippen molar-refractivity contribution in [1.82, 2.24) is 0 Å². The average Bonchev–Trinajstić information content (AvgIpc) is 2.90. The van der Waals surface area contributed by atoms with Crippen LogP contribution in [0, 0.1) is 5.82 Å². The van der Waals surface area contributed by atoms with Crippen molar-refractivity contribution in [2.75, 3.05) is 6.26 Å². The number of phenolic OH excluding ortho intramolecular Hbond substituents is 1. The van der Waals surface area contributed by atoms with E-state index in [0.29, 0.717) is 16.9 Å². The van der Waals surface area contributed by atoms with Crippen molar-refractivity contribution in [3.8, 4) is 5.75 Å². The Kier molecular flexibility index (Phi) is 2.64. The van der Waals surface area contributed by atoms with Gasteiger partial charge in [0.15, 0.2) is 0 Å². The van der Waals surface area contributed by atoms with Gasteiger partial charge in [0.05, 0.1) is 4.90 Å². The summed E-state index contributed by atoms with van der Waals surface area (Å²) >= 11 is 1.22. The third kappa shape index (κ3) is 2.11. The number of aromatic hydroxyl groups is 1. The summed E-state index contributed by atoms with van der Waals surface area (Å²) < 4.78 is 13.9. The first-order chi connectivity index (χ1) is 7.06. The standard InChI is InChI=1S/C11H14FNOS/c1-15-10-8(14)3-2-7(9(10)12)6-11(13)4-5-11/h2-3,14H,4-6,13H2,1H3. The van der Waals surface area contributed by atoms with Crippen molar-refractivity contribution in [2.45, 2.75) is 29.7 Å². The van der Waals surface area contributed by atoms with Crippen LogP contribution >= 0.6 is 11.8 Å². The molecule has 0 spiro atoms. The van der Waals surface area contributed by atoms with Crippen LogP contribution in [0.5, 0.6) is 5.75 Å². The summed E-state index contributed by atoms with van der Waals surface area (Å²) in [7, 11) is 0. The zero-order chi connectivity index (χ0) is 11.1. The molecule has 15 heavy (non-hydrogen) atoms. The van der Waals surface area contributed by atoms with E-state index in [1.54, 1.807) is 12.3 Å². The number of benzene rings is 1. The molecule has 0 saturated heterocycles. The second kappa shape index (κ2) is 3.68. The monoisotopic (exact) mass is 227 g/mol. The molecule has 82 valence electrons. The lowest BCUT2D eigenvalue weighted by Gasteiger charge is -2.12. The van der Waals surface area contributed by atoms with Crippen LogP contribution < -0.4 is 5.73 Å². The predicted octanol–water partition coefficient (Wildman–Crippen LogP) is 2.29. The highest BCUT2D eigenvalue weighted by Crippen LogP contribution is 2.38. The molecule has 4 heteroatoms. The molecule has 1 saturated carbocycles. The van der Waals surface area contributed by atoms with Gasteiger partial charge in [-0.2, -0.15) is 0 Å². The van der Waals surface area contributed by atoms with Crippen LogP contribution in [0.2, 0.25) is 0 Å². The molecule has 0 atom stereocenters. The minimum atomic E-state index is -0.320. The lowest BCUT2D eigenvalue weighted by Crippen LogP contribution is -2.25. The van der Waals surface area contributed by atoms with Crippen molar-refractivity contribution < 1.29 is 9.50 Å². The summed E-state index contributed by atoms with van der Waals surface area (Å²) in [4.78, 5) is 0.316. The quantitative estimate of drug-likeness (QED) is 0.779. The Balaban J connectivity index is 2.31. The maximum absolute atomic E-state index is 13.9. The van der Waals surface area contributed by atoms with Crippen LogP contribution in [0.4, 0.5) is 4.39 Å². The smallest absolute Gasteiger partial charge is 0.143 e. The molecule has 0 heterocycles. The summed E-state index contributed by atoms with van der Waals surface area (Å²) in [6.45, 7) is 0. The molecular weight excluding hydrogens is 213 g/mol. The number of thioether (sulfide) groups is 1. The Labute approximate surface area is 92.7 Å². The van der Waals surface area contributed by atoms with Gasteiger partial charge in [0.25, 0.3) is 0 Å². The van der Waals surface area contributed by atoms with E-state index in [0.717, 1.165) is 12.8 Å². The zero-order valence-corrected chi connectivity index (χ0v) is 9.40. The number of hydrogen-bond acceptors (Lipinski definition) is 3. The Hall–Kier alpha value is -0.740. The number of rotatable bonds is 3. The fourth-order valence-electron chi connectivity index (χ4n) is 1.63. The van der Waals surface area contributed by atoms with E-state index in [1.807, 2.05) is 0 Å². The van der Waals surface area contributed by atoms with Gasteiger partial charge < -0.3 is 10.8 Å². The van der Waals surface area contributed by atoms with Crippen molar-refractivity contribution in [2.24, 2.45) is 5.73 Å². The fraction of sp³-hybridized carbons (Fsp3) is 0.455. The molecule has 0 bridgehead atoms. The van der Waals surface area contributed by atoms with Crippen LogP contribution in [0.1, 0.15) is 18.4 Å². The number of hydrogen-bond donors (Lipinski definition) is 2. The summed E-state index contributed by atoms with van der Waals surface area (Å²) in [5.74, 6) is -0.315. The van der Waals surface area contributed by atoms with Gasteiger partial charge in [-0.1, -0.05) is 6.07 Å². The Morgan fingerprint density at radius 2 is 2.20 bits per heavy atom. The van der Waals surface area contributed by atoms with E-state index >= 15 is 0 Å². The lowest BCUT2D eigenvalue weighted by molar-refractivity contribution is 0.446. The molecule has 0 unspecified atom stereocenters. The molecule has 0 radical (unpaired) electrons. The molecule has 2 nitrogen and oxygen atoms in total. The minimum Gasteiger partial charge on any atom is -0.507 e. The fourth-order valence-corrected chi connectivity index (χ4v) is 2.22. The third-order valence-electron chi connectivity index (χ3n) is 2.80. The van der Waals surface area contributed by atoms with E-state index in [-0.39, 0.29) is 17.1 Å². The molecule has 0 aromatic heterocycles. The molecular formula is C11H14FNOS. The second-order valence-electron chi connectivity index (χ2n) is 4.13. The molecule has 1 aliphatic rings. The third-order valence-corrected chi connectivity index (χ3v) is 3.59. The number of phenols is 1. The molecule has 2 rings (SSSR count). The maximum Gasteiger partial charge on any atom is 0.143 e. The van der Waals surface area contributed by atoms with Gasteiger partial charge >= 0.3 is 0 Å². The van der Waals surface area contributed by atoms with E-state index in [1.165, 1.54) is 17.8 Å². The molecule has 1 fully saturated rings. The van der Waals surface area contributed by atoms with Gasteiger partial charge in [-0.3, -0.25) is 0 Å². The van der Waals surface area contributed by atoms with Crippen molar-refractivity contribution in [3.63, 3.8) is 0 Å². The Morgan fingerprint density at radius 1 is 1.53 bits per heavy atom. The van der Waals surface area contributed by atoms with Crippen LogP contribution in [0.15, 0.2) is 17.0 Å². The van der Waals surface area contributed by atoms with Crippen molar-refractivity contribution in [1.29, 1.82) is 0 Å². The second-order valence-corrected chi connectivity index (χ2v) is 4.95. The highest BCUT2D eigenvalue weighted by molar-refractivity contribution is 7.98. The van der Waals surface area contributed by atoms with E-state index < -0.39 is 0 Å². The van der Waals surface area contributed by atoms with Gasteiger partial charge in [0.1, 0.15) is 11.6 Å². The SMILES string of the molecule is CSc1c(O)ccc(CC2(N)CC2)c1F. The Bertz CT molecular complexity index is 390. The summed E-state index contributed by atoms with van der Waals surface area (Å²) in [5.41, 5.74) is 6.35. The van der Waals surface area contributed by atoms with Crippen LogP contribution in [-0.4, -0.2) is 16.9 Å². The first-order valence-corrected chi connectivity index (χ1v) is 6.11. The zero-order valence-electron chi connectivity index (χ0n) is 8.59. The highest BCUT2D eigenvalue weighted by Gasteiger charge is 2.38. The summed E-state index contributed by atoms with van der Waals surface area (Å²) in [6.07, 6.45) is 4.23. The number of nitrogens with two attached hydrogens (primary N) is 1. The Morgan fingerprint density at radius 3 is 2.73 bits per heavy atom. The first-order valence-electron chi connectivity index (χ1n) is 4.89. The van der Waals surface area contributed by atoms with Crippen molar-refractivity contribution >= 4 is 11.8 Å². The van der Waals surface area contributed by atoms with E-state index in [4.69, 9.17) is 5.73 Å². The minimum absolute atomic E-state index is 0.00520. The van der Waals surface area contributed by atoms with Gasteiger partial charge in [-0.25, -0.2) is 4.39 Å². The lowest BCUT2D eigenvalue weighted by atomic mass is 10.0. The average molecular weight is 227 g/mol. The molecule has 1 aromatic rings.